The van der Waals surface area contributed by atoms with Crippen molar-refractivity contribution >= 4 is 42.8 Å². The quantitative estimate of drug-likeness (QED) is 0.379. The number of fused-ring (bicyclic) bond motifs is 5. The van der Waals surface area contributed by atoms with Gasteiger partial charge in [0.25, 0.3) is 0 Å². The van der Waals surface area contributed by atoms with Gasteiger partial charge in [0.2, 0.25) is 0 Å². The maximum absolute atomic E-state index is 16.8. The number of rotatable bonds is 3. The maximum atomic E-state index is 16.8. The summed E-state index contributed by atoms with van der Waals surface area (Å²) in [6, 6.07) is 0. The predicted molar refractivity (Wildman–Crippen MR) is 108 cm³/mol. The Labute approximate surface area is 180 Å². The van der Waals surface area contributed by atoms with Crippen molar-refractivity contribution < 1.29 is 23.9 Å². The van der Waals surface area contributed by atoms with Crippen molar-refractivity contribution in [2.24, 2.45) is 22.7 Å². The molecule has 0 heterocycles. The van der Waals surface area contributed by atoms with Crippen molar-refractivity contribution in [3.05, 3.63) is 36.0 Å². The van der Waals surface area contributed by atoms with Gasteiger partial charge in [-0.3, -0.25) is 0 Å². The van der Waals surface area contributed by atoms with Gasteiger partial charge < -0.3 is 0 Å². The number of carbonyl (C=O) groups is 3. The van der Waals surface area contributed by atoms with E-state index in [0.717, 1.165) is 0 Å². The molecule has 0 aromatic carbocycles. The summed E-state index contributed by atoms with van der Waals surface area (Å²) in [6.45, 7) is 7.38. The Bertz CT molecular complexity index is 912. The Morgan fingerprint density at radius 1 is 1.38 bits per heavy atom. The molecular formula is C22H24ClFO4Se. The number of Topliss-reactive ketones (excluding diaryl/α,β-unsaturated/α-hetero) is 1. The number of halogens is 2. The summed E-state index contributed by atoms with van der Waals surface area (Å²) in [6.07, 6.45) is 5.29. The molecule has 0 radical (unpaired) electrons. The number of aliphatic hydroxyl groups is 1. The van der Waals surface area contributed by atoms with Crippen LogP contribution in [0.1, 0.15) is 39.5 Å². The fraction of sp³-hybridized carbons (Fsp3) is 0.591. The first-order valence-corrected chi connectivity index (χ1v) is 12.4. The van der Waals surface area contributed by atoms with Gasteiger partial charge in [-0.05, 0) is 0 Å². The van der Waals surface area contributed by atoms with E-state index in [-0.39, 0.29) is 27.6 Å². The molecule has 156 valence electrons. The molecule has 0 aliphatic heterocycles. The Hall–Kier alpha value is -1.07. The molecule has 0 bridgehead atoms. The van der Waals surface area contributed by atoms with Gasteiger partial charge in [0.15, 0.2) is 0 Å². The second kappa shape index (κ2) is 6.46. The third-order valence-corrected chi connectivity index (χ3v) is 10.0. The molecule has 6 atom stereocenters. The SMILES string of the molecule is C=C1C[C@H]2[C@@H]3CCC4=CC(=O)C=C[C@]4(C)[C@@]3(F)C(=O)C[C@]2(C)[C@@]1(O)C(=O)[Se]CCl. The van der Waals surface area contributed by atoms with E-state index < -0.39 is 48.8 Å². The molecule has 4 aliphatic carbocycles. The molecule has 0 saturated heterocycles. The van der Waals surface area contributed by atoms with Crippen LogP contribution in [0.2, 0.25) is 0 Å². The Morgan fingerprint density at radius 3 is 2.72 bits per heavy atom. The van der Waals surface area contributed by atoms with E-state index in [1.807, 2.05) is 0 Å². The van der Waals surface area contributed by atoms with Gasteiger partial charge >= 0.3 is 181 Å². The van der Waals surface area contributed by atoms with Crippen LogP contribution in [0.15, 0.2) is 36.0 Å². The normalized spacial score (nSPS) is 46.1. The van der Waals surface area contributed by atoms with Crippen LogP contribution in [0.4, 0.5) is 4.39 Å². The monoisotopic (exact) mass is 486 g/mol. The Morgan fingerprint density at radius 2 is 2.07 bits per heavy atom. The van der Waals surface area contributed by atoms with E-state index >= 15 is 4.39 Å². The zero-order chi connectivity index (χ0) is 21.4. The summed E-state index contributed by atoms with van der Waals surface area (Å²) >= 11 is 5.12. The predicted octanol–water partition coefficient (Wildman–Crippen LogP) is 2.89. The van der Waals surface area contributed by atoms with E-state index in [1.165, 1.54) is 18.2 Å². The van der Waals surface area contributed by atoms with E-state index in [2.05, 4.69) is 6.58 Å². The minimum absolute atomic E-state index is 0.123. The van der Waals surface area contributed by atoms with Gasteiger partial charge in [-0.25, -0.2) is 0 Å². The molecule has 0 unspecified atom stereocenters. The van der Waals surface area contributed by atoms with Crippen LogP contribution in [0.3, 0.4) is 0 Å². The summed E-state index contributed by atoms with van der Waals surface area (Å²) < 4.78 is 16.6. The molecule has 3 fully saturated rings. The molecule has 0 amide bonds. The molecular weight excluding hydrogens is 462 g/mol. The fourth-order valence-corrected chi connectivity index (χ4v) is 8.38. The molecule has 29 heavy (non-hydrogen) atoms. The van der Waals surface area contributed by atoms with Crippen LogP contribution < -0.4 is 0 Å². The second-order valence-electron chi connectivity index (χ2n) is 9.15. The van der Waals surface area contributed by atoms with Crippen LogP contribution in [0.25, 0.3) is 0 Å². The summed E-state index contributed by atoms with van der Waals surface area (Å²) in [5.74, 6) is -1.84. The van der Waals surface area contributed by atoms with Crippen molar-refractivity contribution in [2.45, 2.75) is 50.8 Å². The molecule has 3 saturated carbocycles. The molecule has 4 nitrogen and oxygen atoms in total. The molecule has 4 rings (SSSR count). The van der Waals surface area contributed by atoms with Crippen LogP contribution >= 0.6 is 11.6 Å². The van der Waals surface area contributed by atoms with E-state index in [4.69, 9.17) is 11.6 Å². The molecule has 1 N–H and O–H groups in total. The number of allylic oxidation sites excluding steroid dienone is 4. The molecule has 4 aliphatic rings. The Kier molecular flexibility index (Phi) is 4.72. The zero-order valence-corrected chi connectivity index (χ0v) is 18.9. The van der Waals surface area contributed by atoms with Crippen LogP contribution in [-0.2, 0) is 14.4 Å². The molecule has 0 aromatic rings. The van der Waals surface area contributed by atoms with Crippen molar-refractivity contribution in [1.82, 2.24) is 0 Å². The fourth-order valence-electron chi connectivity index (χ4n) is 6.43. The van der Waals surface area contributed by atoms with Crippen molar-refractivity contribution in [3.63, 3.8) is 0 Å². The van der Waals surface area contributed by atoms with Gasteiger partial charge in [-0.15, -0.1) is 0 Å². The number of alkyl halides is 2. The number of hydrogen-bond acceptors (Lipinski definition) is 4. The first-order valence-electron chi connectivity index (χ1n) is 9.77. The average Bonchev–Trinajstić information content (AvgIpc) is 2.85. The van der Waals surface area contributed by atoms with Crippen molar-refractivity contribution in [3.8, 4) is 0 Å². The van der Waals surface area contributed by atoms with E-state index in [1.54, 1.807) is 13.8 Å². The third-order valence-electron chi connectivity index (χ3n) is 8.08. The second-order valence-corrected chi connectivity index (χ2v) is 12.1. The minimum atomic E-state index is -2.18. The first-order chi connectivity index (χ1) is 13.5. The van der Waals surface area contributed by atoms with E-state index in [9.17, 15) is 19.5 Å². The molecule has 0 spiro atoms. The van der Waals surface area contributed by atoms with Crippen LogP contribution in [0.5, 0.6) is 0 Å². The average molecular weight is 486 g/mol. The molecule has 7 heteroatoms. The van der Waals surface area contributed by atoms with Gasteiger partial charge in [0.05, 0.1) is 0 Å². The number of carbonyl (C=O) groups excluding carboxylic acids is 3. The topological polar surface area (TPSA) is 71.4 Å². The first kappa shape index (κ1) is 21.2. The number of hydrogen-bond donors (Lipinski definition) is 1. The summed E-state index contributed by atoms with van der Waals surface area (Å²) in [4.78, 5) is 38.1. The van der Waals surface area contributed by atoms with Crippen LogP contribution in [-0.4, -0.2) is 52.4 Å². The van der Waals surface area contributed by atoms with Gasteiger partial charge in [-0.2, -0.15) is 0 Å². The van der Waals surface area contributed by atoms with Crippen molar-refractivity contribution in [1.29, 1.82) is 0 Å². The number of ketones is 2. The van der Waals surface area contributed by atoms with Crippen molar-refractivity contribution in [2.75, 3.05) is 4.78 Å². The molecule has 0 aromatic heterocycles. The van der Waals surface area contributed by atoms with Gasteiger partial charge in [0.1, 0.15) is 0 Å². The zero-order valence-electron chi connectivity index (χ0n) is 16.5. The standard InChI is InChI=1S/C22H24ClFO4Se/c1-12-8-16-15-5-4-13-9-14(25)6-7-19(13,2)21(15,24)17(26)10-20(16,3)22(12,28)18(27)29-11-23/h6-7,9,15-16,28H,1,4-5,8,10-11H2,2-3H3/t15-,16-,19-,20-,21-,22-/m0/s1. The third kappa shape index (κ3) is 2.38. The summed E-state index contributed by atoms with van der Waals surface area (Å²) in [5, 5.41) is 11.5. The Balaban J connectivity index is 1.83. The van der Waals surface area contributed by atoms with Crippen LogP contribution in [0, 0.1) is 22.7 Å². The summed E-state index contributed by atoms with van der Waals surface area (Å²) in [7, 11) is 0. The van der Waals surface area contributed by atoms with Gasteiger partial charge in [0, 0.05) is 0 Å². The van der Waals surface area contributed by atoms with E-state index in [0.29, 0.717) is 30.4 Å². The van der Waals surface area contributed by atoms with Gasteiger partial charge in [-0.1, -0.05) is 0 Å². The summed E-state index contributed by atoms with van der Waals surface area (Å²) in [5.41, 5.74) is -5.30.